The van der Waals surface area contributed by atoms with Crippen molar-refractivity contribution in [2.45, 2.75) is 12.5 Å². The van der Waals surface area contributed by atoms with E-state index in [1.165, 1.54) is 0 Å². The number of carbonyl (C=O) groups excluding carboxylic acids is 1. The maximum atomic E-state index is 11.2. The van der Waals surface area contributed by atoms with Gasteiger partial charge in [0.15, 0.2) is 0 Å². The van der Waals surface area contributed by atoms with Crippen LogP contribution < -0.4 is 10.6 Å². The lowest BCUT2D eigenvalue weighted by atomic mass is 10.2. The Morgan fingerprint density at radius 2 is 2.54 bits per heavy atom. The molecule has 2 N–H and O–H groups in total. The molecule has 1 aliphatic rings. The Bertz CT molecular complexity index is 206. The predicted octanol–water partition coefficient (Wildman–Crippen LogP) is -0.169. The first-order valence-electron chi connectivity index (χ1n) is 4.34. The lowest BCUT2D eigenvalue weighted by Crippen LogP contribution is -2.40. The van der Waals surface area contributed by atoms with E-state index in [0.717, 1.165) is 17.9 Å². The van der Waals surface area contributed by atoms with Crippen LogP contribution in [-0.4, -0.2) is 36.5 Å². The standard InChI is InChI=1S/C9H14N2OS/c1-2-4-10-6-9(12)11-8-3-5-13-7-8/h1,8,10H,3-7H2,(H,11,12). The monoisotopic (exact) mass is 198 g/mol. The molecule has 1 fully saturated rings. The van der Waals surface area contributed by atoms with Gasteiger partial charge in [-0.25, -0.2) is 0 Å². The number of terminal acetylenes is 1. The summed E-state index contributed by atoms with van der Waals surface area (Å²) in [4.78, 5) is 11.2. The third kappa shape index (κ3) is 4.20. The van der Waals surface area contributed by atoms with E-state index >= 15 is 0 Å². The molecular weight excluding hydrogens is 184 g/mol. The topological polar surface area (TPSA) is 41.1 Å². The summed E-state index contributed by atoms with van der Waals surface area (Å²) in [5.41, 5.74) is 0. The van der Waals surface area contributed by atoms with Crippen LogP contribution in [-0.2, 0) is 4.79 Å². The van der Waals surface area contributed by atoms with Crippen molar-refractivity contribution in [2.75, 3.05) is 24.6 Å². The Balaban J connectivity index is 2.07. The fourth-order valence-corrected chi connectivity index (χ4v) is 2.33. The van der Waals surface area contributed by atoms with Crippen molar-refractivity contribution < 1.29 is 4.79 Å². The summed E-state index contributed by atoms with van der Waals surface area (Å²) < 4.78 is 0. The Labute approximate surface area is 83.0 Å². The van der Waals surface area contributed by atoms with E-state index in [-0.39, 0.29) is 5.91 Å². The molecule has 3 nitrogen and oxygen atoms in total. The summed E-state index contributed by atoms with van der Waals surface area (Å²) in [5.74, 6) is 4.66. The van der Waals surface area contributed by atoms with Gasteiger partial charge in [0.05, 0.1) is 13.1 Å². The number of rotatable bonds is 4. The van der Waals surface area contributed by atoms with Gasteiger partial charge in [0.2, 0.25) is 5.91 Å². The molecule has 1 saturated heterocycles. The van der Waals surface area contributed by atoms with Crippen LogP contribution in [0, 0.1) is 12.3 Å². The molecule has 1 aliphatic heterocycles. The molecule has 0 bridgehead atoms. The zero-order valence-electron chi connectivity index (χ0n) is 7.51. The van der Waals surface area contributed by atoms with Gasteiger partial charge in [0, 0.05) is 11.8 Å². The molecule has 0 spiro atoms. The summed E-state index contributed by atoms with van der Waals surface area (Å²) in [5, 5.41) is 5.80. The minimum Gasteiger partial charge on any atom is -0.351 e. The lowest BCUT2D eigenvalue weighted by molar-refractivity contribution is -0.120. The van der Waals surface area contributed by atoms with E-state index in [2.05, 4.69) is 16.6 Å². The Kier molecular flexibility index (Phi) is 4.73. The van der Waals surface area contributed by atoms with Crippen molar-refractivity contribution in [3.05, 3.63) is 0 Å². The molecule has 0 aromatic rings. The van der Waals surface area contributed by atoms with Crippen LogP contribution in [0.3, 0.4) is 0 Å². The smallest absolute Gasteiger partial charge is 0.234 e. The highest BCUT2D eigenvalue weighted by molar-refractivity contribution is 7.99. The van der Waals surface area contributed by atoms with Crippen LogP contribution >= 0.6 is 11.8 Å². The second-order valence-electron chi connectivity index (χ2n) is 2.94. The number of nitrogens with one attached hydrogen (secondary N) is 2. The van der Waals surface area contributed by atoms with Crippen LogP contribution in [0.4, 0.5) is 0 Å². The van der Waals surface area contributed by atoms with Crippen LogP contribution in [0.25, 0.3) is 0 Å². The van der Waals surface area contributed by atoms with Gasteiger partial charge in [-0.3, -0.25) is 10.1 Å². The molecule has 1 heterocycles. The highest BCUT2D eigenvalue weighted by atomic mass is 32.2. The van der Waals surface area contributed by atoms with Crippen molar-refractivity contribution in [1.82, 2.24) is 10.6 Å². The number of carbonyl (C=O) groups is 1. The highest BCUT2D eigenvalue weighted by Gasteiger charge is 2.16. The third-order valence-corrected chi connectivity index (χ3v) is 2.97. The predicted molar refractivity (Wildman–Crippen MR) is 55.6 cm³/mol. The normalized spacial score (nSPS) is 21.0. The van der Waals surface area contributed by atoms with Gasteiger partial charge < -0.3 is 5.32 Å². The van der Waals surface area contributed by atoms with Crippen molar-refractivity contribution >= 4 is 17.7 Å². The SMILES string of the molecule is C#CCNCC(=O)NC1CCSC1. The van der Waals surface area contributed by atoms with Gasteiger partial charge in [0.1, 0.15) is 0 Å². The van der Waals surface area contributed by atoms with Gasteiger partial charge in [-0.05, 0) is 12.2 Å². The van der Waals surface area contributed by atoms with Crippen molar-refractivity contribution in [1.29, 1.82) is 0 Å². The number of hydrogen-bond donors (Lipinski definition) is 2. The van der Waals surface area contributed by atoms with Gasteiger partial charge in [-0.15, -0.1) is 6.42 Å². The largest absolute Gasteiger partial charge is 0.351 e. The third-order valence-electron chi connectivity index (χ3n) is 1.81. The van der Waals surface area contributed by atoms with Crippen LogP contribution in [0.2, 0.25) is 0 Å². The van der Waals surface area contributed by atoms with Crippen LogP contribution in [0.5, 0.6) is 0 Å². The summed E-state index contributed by atoms with van der Waals surface area (Å²) in [6.07, 6.45) is 6.12. The number of amides is 1. The quantitative estimate of drug-likeness (QED) is 0.487. The fourth-order valence-electron chi connectivity index (χ4n) is 1.18. The van der Waals surface area contributed by atoms with Gasteiger partial charge in [-0.2, -0.15) is 11.8 Å². The summed E-state index contributed by atoms with van der Waals surface area (Å²) >= 11 is 1.89. The Morgan fingerprint density at radius 3 is 3.15 bits per heavy atom. The van der Waals surface area contributed by atoms with Gasteiger partial charge >= 0.3 is 0 Å². The molecule has 13 heavy (non-hydrogen) atoms. The molecule has 1 atom stereocenters. The second kappa shape index (κ2) is 5.90. The summed E-state index contributed by atoms with van der Waals surface area (Å²) in [6.45, 7) is 0.776. The maximum absolute atomic E-state index is 11.2. The molecule has 0 aromatic heterocycles. The Morgan fingerprint density at radius 1 is 1.69 bits per heavy atom. The first-order valence-corrected chi connectivity index (χ1v) is 5.49. The first kappa shape index (κ1) is 10.4. The molecule has 1 unspecified atom stereocenters. The average Bonchev–Trinajstić information content (AvgIpc) is 2.57. The fraction of sp³-hybridized carbons (Fsp3) is 0.667. The minimum absolute atomic E-state index is 0.0442. The Hall–Kier alpha value is -0.660. The van der Waals surface area contributed by atoms with E-state index < -0.39 is 0 Å². The molecule has 4 heteroatoms. The second-order valence-corrected chi connectivity index (χ2v) is 4.09. The zero-order chi connectivity index (χ0) is 9.52. The number of thioether (sulfide) groups is 1. The summed E-state index contributed by atoms with van der Waals surface area (Å²) in [7, 11) is 0. The molecule has 0 aliphatic carbocycles. The first-order chi connectivity index (χ1) is 6.33. The van der Waals surface area contributed by atoms with E-state index in [1.54, 1.807) is 0 Å². The van der Waals surface area contributed by atoms with E-state index in [4.69, 9.17) is 6.42 Å². The minimum atomic E-state index is 0.0442. The van der Waals surface area contributed by atoms with Crippen LogP contribution in [0.15, 0.2) is 0 Å². The highest BCUT2D eigenvalue weighted by Crippen LogP contribution is 2.16. The molecule has 0 radical (unpaired) electrons. The lowest BCUT2D eigenvalue weighted by Gasteiger charge is -2.10. The molecule has 0 aromatic carbocycles. The van der Waals surface area contributed by atoms with Crippen LogP contribution in [0.1, 0.15) is 6.42 Å². The average molecular weight is 198 g/mol. The van der Waals surface area contributed by atoms with Crippen molar-refractivity contribution in [3.8, 4) is 12.3 Å². The molecule has 0 saturated carbocycles. The van der Waals surface area contributed by atoms with Gasteiger partial charge in [0.25, 0.3) is 0 Å². The van der Waals surface area contributed by atoms with Gasteiger partial charge in [-0.1, -0.05) is 5.92 Å². The molecular formula is C9H14N2OS. The van der Waals surface area contributed by atoms with E-state index in [1.807, 2.05) is 11.8 Å². The van der Waals surface area contributed by atoms with Crippen molar-refractivity contribution in [3.63, 3.8) is 0 Å². The summed E-state index contributed by atoms with van der Waals surface area (Å²) in [6, 6.07) is 0.366. The molecule has 1 rings (SSSR count). The number of hydrogen-bond acceptors (Lipinski definition) is 3. The zero-order valence-corrected chi connectivity index (χ0v) is 8.32. The molecule has 1 amide bonds. The molecule has 72 valence electrons. The van der Waals surface area contributed by atoms with E-state index in [9.17, 15) is 4.79 Å². The maximum Gasteiger partial charge on any atom is 0.234 e. The van der Waals surface area contributed by atoms with E-state index in [0.29, 0.717) is 19.1 Å². The van der Waals surface area contributed by atoms with Crippen molar-refractivity contribution in [2.24, 2.45) is 0 Å².